The maximum atomic E-state index is 12.5. The Hall–Kier alpha value is -2.04. The third-order valence-corrected chi connectivity index (χ3v) is 4.69. The van der Waals surface area contributed by atoms with Crippen molar-refractivity contribution in [2.75, 3.05) is 4.90 Å². The van der Waals surface area contributed by atoms with Crippen LogP contribution in [-0.2, 0) is 11.2 Å². The van der Waals surface area contributed by atoms with Crippen molar-refractivity contribution in [2.45, 2.75) is 13.3 Å². The first kappa shape index (κ1) is 15.8. The first-order valence-electron chi connectivity index (χ1n) is 7.21. The van der Waals surface area contributed by atoms with Gasteiger partial charge in [0.2, 0.25) is 0 Å². The maximum absolute atomic E-state index is 12.5. The molecule has 0 atom stereocenters. The van der Waals surface area contributed by atoms with Gasteiger partial charge in [0.25, 0.3) is 11.1 Å². The van der Waals surface area contributed by atoms with E-state index >= 15 is 0 Å². The molecule has 116 valence electrons. The predicted molar refractivity (Wildman–Crippen MR) is 95.7 cm³/mol. The Bertz CT molecular complexity index is 782. The van der Waals surface area contributed by atoms with E-state index in [0.717, 1.165) is 29.3 Å². The molecule has 0 spiro atoms. The number of halogens is 1. The second-order valence-electron chi connectivity index (χ2n) is 5.09. The molecule has 2 aromatic carbocycles. The fraction of sp³-hybridized carbons (Fsp3) is 0.111. The van der Waals surface area contributed by atoms with Gasteiger partial charge in [0.15, 0.2) is 0 Å². The van der Waals surface area contributed by atoms with Crippen LogP contribution in [0.5, 0.6) is 0 Å². The van der Waals surface area contributed by atoms with Crippen molar-refractivity contribution in [1.29, 1.82) is 0 Å². The molecule has 1 aliphatic rings. The van der Waals surface area contributed by atoms with Crippen molar-refractivity contribution >= 4 is 46.3 Å². The quantitative estimate of drug-likeness (QED) is 0.724. The highest BCUT2D eigenvalue weighted by atomic mass is 35.5. The first-order chi connectivity index (χ1) is 11.1. The number of carbonyl (C=O) groups excluding carboxylic acids is 2. The van der Waals surface area contributed by atoms with Crippen molar-refractivity contribution in [3.8, 4) is 0 Å². The Morgan fingerprint density at radius 2 is 1.70 bits per heavy atom. The lowest BCUT2D eigenvalue weighted by Crippen LogP contribution is -2.27. The Kier molecular flexibility index (Phi) is 4.55. The summed E-state index contributed by atoms with van der Waals surface area (Å²) in [6, 6.07) is 14.6. The fourth-order valence-electron chi connectivity index (χ4n) is 2.28. The topological polar surface area (TPSA) is 37.4 Å². The number of imide groups is 1. The molecule has 5 heteroatoms. The molecule has 0 radical (unpaired) electrons. The zero-order valence-electron chi connectivity index (χ0n) is 12.5. The van der Waals surface area contributed by atoms with Gasteiger partial charge in [0.1, 0.15) is 0 Å². The van der Waals surface area contributed by atoms with E-state index in [9.17, 15) is 9.59 Å². The van der Waals surface area contributed by atoms with E-state index in [1.165, 1.54) is 4.90 Å². The Balaban J connectivity index is 1.88. The molecule has 0 saturated carbocycles. The summed E-state index contributed by atoms with van der Waals surface area (Å²) in [5.41, 5.74) is 2.60. The lowest BCUT2D eigenvalue weighted by molar-refractivity contribution is -0.113. The van der Waals surface area contributed by atoms with Crippen molar-refractivity contribution in [3.63, 3.8) is 0 Å². The second-order valence-corrected chi connectivity index (χ2v) is 6.52. The molecule has 23 heavy (non-hydrogen) atoms. The summed E-state index contributed by atoms with van der Waals surface area (Å²) in [6.45, 7) is 2.06. The molecular weight excluding hydrogens is 330 g/mol. The second kappa shape index (κ2) is 6.60. The molecule has 2 aromatic rings. The fourth-order valence-corrected chi connectivity index (χ4v) is 3.25. The van der Waals surface area contributed by atoms with Gasteiger partial charge in [-0.3, -0.25) is 9.59 Å². The van der Waals surface area contributed by atoms with Gasteiger partial charge < -0.3 is 0 Å². The van der Waals surface area contributed by atoms with Gasteiger partial charge in [0, 0.05) is 5.02 Å². The molecule has 0 unspecified atom stereocenters. The lowest BCUT2D eigenvalue weighted by Gasteiger charge is -2.12. The predicted octanol–water partition coefficient (Wildman–Crippen LogP) is 5.14. The van der Waals surface area contributed by atoms with Gasteiger partial charge in [-0.2, -0.15) is 0 Å². The molecule has 1 saturated heterocycles. The van der Waals surface area contributed by atoms with Gasteiger partial charge >= 0.3 is 0 Å². The van der Waals surface area contributed by atoms with Crippen molar-refractivity contribution < 1.29 is 9.59 Å². The van der Waals surface area contributed by atoms with E-state index in [-0.39, 0.29) is 11.1 Å². The van der Waals surface area contributed by atoms with Gasteiger partial charge in [-0.15, -0.1) is 0 Å². The van der Waals surface area contributed by atoms with Crippen LogP contribution in [0.25, 0.3) is 6.08 Å². The molecule has 1 aliphatic heterocycles. The minimum Gasteiger partial charge on any atom is -0.268 e. The molecule has 0 aliphatic carbocycles. The molecule has 0 N–H and O–H groups in total. The van der Waals surface area contributed by atoms with Crippen LogP contribution in [-0.4, -0.2) is 11.1 Å². The van der Waals surface area contributed by atoms with E-state index < -0.39 is 0 Å². The monoisotopic (exact) mass is 343 g/mol. The lowest BCUT2D eigenvalue weighted by atomic mass is 10.1. The van der Waals surface area contributed by atoms with Crippen LogP contribution in [0.4, 0.5) is 10.5 Å². The van der Waals surface area contributed by atoms with E-state index in [1.54, 1.807) is 30.3 Å². The third-order valence-electron chi connectivity index (χ3n) is 3.56. The summed E-state index contributed by atoms with van der Waals surface area (Å²) in [5.74, 6) is -0.292. The summed E-state index contributed by atoms with van der Waals surface area (Å²) in [5, 5.41) is 0.353. The van der Waals surface area contributed by atoms with E-state index in [0.29, 0.717) is 15.6 Å². The molecule has 1 fully saturated rings. The largest absolute Gasteiger partial charge is 0.298 e. The molecule has 1 heterocycles. The Labute approximate surface area is 143 Å². The van der Waals surface area contributed by atoms with Gasteiger partial charge in [-0.05, 0) is 59.7 Å². The van der Waals surface area contributed by atoms with Crippen molar-refractivity contribution in [3.05, 3.63) is 69.6 Å². The number of aryl methyl sites for hydroxylation is 1. The maximum Gasteiger partial charge on any atom is 0.298 e. The number of hydrogen-bond acceptors (Lipinski definition) is 3. The normalized spacial score (nSPS) is 16.4. The Morgan fingerprint density at radius 3 is 2.30 bits per heavy atom. The molecule has 3 rings (SSSR count). The van der Waals surface area contributed by atoms with Crippen molar-refractivity contribution in [2.24, 2.45) is 0 Å². The van der Waals surface area contributed by atoms with Gasteiger partial charge in [-0.1, -0.05) is 42.8 Å². The minimum absolute atomic E-state index is 0.278. The summed E-state index contributed by atoms with van der Waals surface area (Å²) < 4.78 is 0. The third kappa shape index (κ3) is 3.33. The highest BCUT2D eigenvalue weighted by Gasteiger charge is 2.36. The number of carbonyl (C=O) groups is 2. The van der Waals surface area contributed by atoms with Crippen LogP contribution in [0.1, 0.15) is 18.1 Å². The highest BCUT2D eigenvalue weighted by Crippen LogP contribution is 2.35. The van der Waals surface area contributed by atoms with Crippen LogP contribution in [0.2, 0.25) is 5.02 Å². The summed E-state index contributed by atoms with van der Waals surface area (Å²) in [7, 11) is 0. The number of amides is 2. The van der Waals surface area contributed by atoms with E-state index in [1.807, 2.05) is 24.3 Å². The van der Waals surface area contributed by atoms with Gasteiger partial charge in [-0.25, -0.2) is 4.90 Å². The number of hydrogen-bond donors (Lipinski definition) is 0. The molecule has 0 bridgehead atoms. The summed E-state index contributed by atoms with van der Waals surface area (Å²) >= 11 is 6.80. The Morgan fingerprint density at radius 1 is 1.04 bits per heavy atom. The summed E-state index contributed by atoms with van der Waals surface area (Å²) in [6.07, 6.45) is 2.63. The van der Waals surface area contributed by atoms with Crippen LogP contribution in [0.3, 0.4) is 0 Å². The molecule has 0 aromatic heterocycles. The number of anilines is 1. The average molecular weight is 344 g/mol. The van der Waals surface area contributed by atoms with Crippen molar-refractivity contribution in [1.82, 2.24) is 0 Å². The number of thioether (sulfide) groups is 1. The zero-order valence-corrected chi connectivity index (χ0v) is 14.0. The van der Waals surface area contributed by atoms with E-state index in [4.69, 9.17) is 11.6 Å². The number of rotatable bonds is 3. The van der Waals surface area contributed by atoms with Crippen LogP contribution < -0.4 is 4.90 Å². The van der Waals surface area contributed by atoms with Gasteiger partial charge in [0.05, 0.1) is 10.6 Å². The SMILES string of the molecule is CCc1ccc(N2C(=O)S/C(=C\c3ccc(Cl)cc3)C2=O)cc1. The highest BCUT2D eigenvalue weighted by molar-refractivity contribution is 8.19. The minimum atomic E-state index is -0.292. The number of nitrogens with zero attached hydrogens (tertiary/aromatic N) is 1. The van der Waals surface area contributed by atoms with E-state index in [2.05, 4.69) is 6.92 Å². The molecule has 3 nitrogen and oxygen atoms in total. The number of benzene rings is 2. The zero-order chi connectivity index (χ0) is 16.4. The average Bonchev–Trinajstić information content (AvgIpc) is 2.84. The first-order valence-corrected chi connectivity index (χ1v) is 8.40. The van der Waals surface area contributed by atoms with Crippen LogP contribution in [0, 0.1) is 0 Å². The standard InChI is InChI=1S/C18H14ClNO2S/c1-2-12-5-9-15(10-6-12)20-17(21)16(23-18(20)22)11-13-3-7-14(19)8-4-13/h3-11H,2H2,1H3/b16-11-. The molecular formula is C18H14ClNO2S. The summed E-state index contributed by atoms with van der Waals surface area (Å²) in [4.78, 5) is 26.4. The smallest absolute Gasteiger partial charge is 0.268 e. The van der Waals surface area contributed by atoms with Crippen LogP contribution in [0.15, 0.2) is 53.4 Å². The van der Waals surface area contributed by atoms with Crippen LogP contribution >= 0.6 is 23.4 Å². The molecule has 2 amide bonds.